The fourth-order valence-electron chi connectivity index (χ4n) is 3.73. The second kappa shape index (κ2) is 8.81. The van der Waals surface area contributed by atoms with Crippen molar-refractivity contribution in [2.45, 2.75) is 35.8 Å². The summed E-state index contributed by atoms with van der Waals surface area (Å²) in [4.78, 5) is 38.4. The molecule has 0 bridgehead atoms. The zero-order valence-corrected chi connectivity index (χ0v) is 17.9. The van der Waals surface area contributed by atoms with Crippen molar-refractivity contribution < 1.29 is 14.4 Å². The van der Waals surface area contributed by atoms with Crippen molar-refractivity contribution in [3.8, 4) is 0 Å². The van der Waals surface area contributed by atoms with Gasteiger partial charge in [0, 0.05) is 10.8 Å². The van der Waals surface area contributed by atoms with Crippen LogP contribution in [0.5, 0.6) is 0 Å². The average Bonchev–Trinajstić information content (AvgIpc) is 3.26. The van der Waals surface area contributed by atoms with Crippen LogP contribution in [-0.2, 0) is 20.1 Å². The van der Waals surface area contributed by atoms with Crippen LogP contribution in [0.15, 0.2) is 28.6 Å². The van der Waals surface area contributed by atoms with Crippen LogP contribution in [0.25, 0.3) is 0 Å². The van der Waals surface area contributed by atoms with Crippen molar-refractivity contribution in [3.63, 3.8) is 0 Å². The molecule has 152 valence electrons. The first kappa shape index (κ1) is 20.3. The average molecular weight is 451 g/mol. The summed E-state index contributed by atoms with van der Waals surface area (Å²) in [5, 5.41) is 11.7. The Labute approximate surface area is 181 Å². The fourth-order valence-corrected chi connectivity index (χ4v) is 5.58. The molecule has 1 saturated carbocycles. The maximum absolute atomic E-state index is 12.5. The van der Waals surface area contributed by atoms with Gasteiger partial charge in [-0.25, -0.2) is 0 Å². The molecule has 7 nitrogen and oxygen atoms in total. The van der Waals surface area contributed by atoms with E-state index in [9.17, 15) is 14.4 Å². The molecule has 1 saturated heterocycles. The van der Waals surface area contributed by atoms with Crippen LogP contribution in [0.3, 0.4) is 0 Å². The Morgan fingerprint density at radius 2 is 1.79 bits per heavy atom. The van der Waals surface area contributed by atoms with E-state index >= 15 is 0 Å². The number of aromatic nitrogens is 2. The molecule has 3 amide bonds. The number of carbonyl (C=O) groups excluding carboxylic acids is 3. The van der Waals surface area contributed by atoms with E-state index in [1.807, 2.05) is 24.3 Å². The van der Waals surface area contributed by atoms with Crippen molar-refractivity contribution >= 4 is 57.6 Å². The zero-order valence-electron chi connectivity index (χ0n) is 15.5. The molecule has 2 atom stereocenters. The predicted molar refractivity (Wildman–Crippen MR) is 112 cm³/mol. The molecule has 4 rings (SSSR count). The molecule has 2 fully saturated rings. The Balaban J connectivity index is 1.30. The second-order valence-corrected chi connectivity index (χ2v) is 9.73. The molecule has 2 heterocycles. The van der Waals surface area contributed by atoms with Crippen LogP contribution in [-0.4, -0.2) is 39.4 Å². The Hall–Kier alpha value is -1.97. The summed E-state index contributed by atoms with van der Waals surface area (Å²) in [6.07, 6.45) is 3.39. The highest BCUT2D eigenvalue weighted by atomic mass is 35.5. The molecule has 2 aromatic rings. The van der Waals surface area contributed by atoms with Gasteiger partial charge < -0.3 is 0 Å². The molecule has 1 N–H and O–H groups in total. The van der Waals surface area contributed by atoms with Gasteiger partial charge in [0.25, 0.3) is 0 Å². The van der Waals surface area contributed by atoms with Gasteiger partial charge in [-0.3, -0.25) is 24.6 Å². The maximum Gasteiger partial charge on any atom is 0.246 e. The number of rotatable bonds is 6. The van der Waals surface area contributed by atoms with E-state index in [2.05, 4.69) is 15.5 Å². The highest BCUT2D eigenvalue weighted by Crippen LogP contribution is 2.38. The Kier molecular flexibility index (Phi) is 6.17. The zero-order chi connectivity index (χ0) is 20.4. The van der Waals surface area contributed by atoms with E-state index < -0.39 is 5.91 Å². The summed E-state index contributed by atoms with van der Waals surface area (Å²) in [7, 11) is 0. The molecule has 0 unspecified atom stereocenters. The number of halogens is 1. The van der Waals surface area contributed by atoms with Gasteiger partial charge in [0.15, 0.2) is 4.34 Å². The summed E-state index contributed by atoms with van der Waals surface area (Å²) < 4.78 is 0.717. The van der Waals surface area contributed by atoms with Crippen LogP contribution in [0.1, 0.15) is 31.2 Å². The van der Waals surface area contributed by atoms with Gasteiger partial charge in [-0.1, -0.05) is 59.7 Å². The normalized spacial score (nSPS) is 21.3. The van der Waals surface area contributed by atoms with E-state index in [0.29, 0.717) is 15.9 Å². The number of benzene rings is 1. The van der Waals surface area contributed by atoms with Crippen molar-refractivity contribution in [2.24, 2.45) is 11.8 Å². The molecule has 29 heavy (non-hydrogen) atoms. The summed E-state index contributed by atoms with van der Waals surface area (Å²) in [5.41, 5.74) is 1.10. The van der Waals surface area contributed by atoms with Gasteiger partial charge >= 0.3 is 0 Å². The lowest BCUT2D eigenvalue weighted by Crippen LogP contribution is -2.38. The molecule has 1 aliphatic heterocycles. The number of carbonyl (C=O) groups is 3. The van der Waals surface area contributed by atoms with E-state index in [4.69, 9.17) is 11.6 Å². The molecule has 2 aliphatic rings. The van der Waals surface area contributed by atoms with Gasteiger partial charge in [0.1, 0.15) is 6.54 Å². The quantitative estimate of drug-likeness (QED) is 0.410. The molecule has 0 radical (unpaired) electrons. The maximum atomic E-state index is 12.5. The van der Waals surface area contributed by atoms with E-state index in [1.165, 1.54) is 23.1 Å². The highest BCUT2D eigenvalue weighted by Gasteiger charge is 2.48. The van der Waals surface area contributed by atoms with E-state index in [0.717, 1.165) is 40.5 Å². The summed E-state index contributed by atoms with van der Waals surface area (Å²) >= 11 is 8.65. The van der Waals surface area contributed by atoms with Gasteiger partial charge in [0.05, 0.1) is 11.8 Å². The van der Waals surface area contributed by atoms with Gasteiger partial charge in [0.2, 0.25) is 22.9 Å². The lowest BCUT2D eigenvalue weighted by atomic mass is 9.81. The number of nitrogens with zero attached hydrogens (tertiary/aromatic N) is 3. The molecule has 0 spiro atoms. The minimum Gasteiger partial charge on any atom is -0.299 e. The number of hydrogen-bond acceptors (Lipinski definition) is 7. The third-order valence-corrected chi connectivity index (χ3v) is 7.46. The molecule has 1 aromatic carbocycles. The van der Waals surface area contributed by atoms with Gasteiger partial charge in [-0.15, -0.1) is 10.2 Å². The molecule has 1 aliphatic carbocycles. The van der Waals surface area contributed by atoms with Crippen LogP contribution >= 0.6 is 34.7 Å². The monoisotopic (exact) mass is 450 g/mol. The van der Waals surface area contributed by atoms with Crippen LogP contribution in [0, 0.1) is 11.8 Å². The minimum absolute atomic E-state index is 0.216. The lowest BCUT2D eigenvalue weighted by Gasteiger charge is -2.19. The predicted octanol–water partition coefficient (Wildman–Crippen LogP) is 3.60. The van der Waals surface area contributed by atoms with Crippen molar-refractivity contribution in [1.29, 1.82) is 0 Å². The second-order valence-electron chi connectivity index (χ2n) is 7.10. The molecular weight excluding hydrogens is 432 g/mol. The third-order valence-electron chi connectivity index (χ3n) is 5.16. The van der Waals surface area contributed by atoms with Crippen LogP contribution in [0.2, 0.25) is 5.02 Å². The number of fused-ring (bicyclic) bond motifs is 1. The first-order valence-corrected chi connectivity index (χ1v) is 11.5. The summed E-state index contributed by atoms with van der Waals surface area (Å²) in [6.45, 7) is -0.266. The first-order valence-electron chi connectivity index (χ1n) is 9.37. The highest BCUT2D eigenvalue weighted by molar-refractivity contribution is 8.00. The molecule has 1 aromatic heterocycles. The first-order chi connectivity index (χ1) is 14.0. The third kappa shape index (κ3) is 4.62. The largest absolute Gasteiger partial charge is 0.299 e. The number of imide groups is 1. The van der Waals surface area contributed by atoms with Crippen molar-refractivity contribution in [1.82, 2.24) is 15.1 Å². The summed E-state index contributed by atoms with van der Waals surface area (Å²) in [6, 6.07) is 7.56. The topological polar surface area (TPSA) is 92.3 Å². The summed E-state index contributed by atoms with van der Waals surface area (Å²) in [5.74, 6) is -0.657. The smallest absolute Gasteiger partial charge is 0.246 e. The van der Waals surface area contributed by atoms with Crippen molar-refractivity contribution in [2.75, 3.05) is 11.9 Å². The Morgan fingerprint density at radius 1 is 1.14 bits per heavy atom. The molecule has 10 heteroatoms. The number of anilines is 1. The number of hydrogen-bond donors (Lipinski definition) is 1. The number of amides is 3. The number of nitrogens with one attached hydrogen (secondary N) is 1. The lowest BCUT2D eigenvalue weighted by molar-refractivity contribution is -0.142. The Bertz CT molecular complexity index is 910. The SMILES string of the molecule is O=C(CN1C(=O)[C@@H]2CCCC[C@H]2C1=O)Nc1nnc(SCc2ccc(Cl)cc2)s1. The van der Waals surface area contributed by atoms with E-state index in [1.54, 1.807) is 0 Å². The standard InChI is InChI=1S/C19H19ClN4O3S2/c20-12-7-5-11(6-8-12)10-28-19-23-22-18(29-19)21-15(25)9-24-16(26)13-3-1-2-4-14(13)17(24)27/h5-8,13-14H,1-4,9-10H2,(H,21,22,25)/t13-,14-/m1/s1. The number of likely N-dealkylation sites (tertiary alicyclic amines) is 1. The number of thioether (sulfide) groups is 1. The van der Waals surface area contributed by atoms with Crippen molar-refractivity contribution in [3.05, 3.63) is 34.9 Å². The molecular formula is C19H19ClN4O3S2. The van der Waals surface area contributed by atoms with Crippen LogP contribution in [0.4, 0.5) is 5.13 Å². The fraction of sp³-hybridized carbons (Fsp3) is 0.421. The van der Waals surface area contributed by atoms with Crippen LogP contribution < -0.4 is 5.32 Å². The van der Waals surface area contributed by atoms with E-state index in [-0.39, 0.29) is 30.2 Å². The minimum atomic E-state index is -0.434. The van der Waals surface area contributed by atoms with Gasteiger partial charge in [-0.05, 0) is 30.5 Å². The van der Waals surface area contributed by atoms with Gasteiger partial charge in [-0.2, -0.15) is 0 Å². The Morgan fingerprint density at radius 3 is 2.45 bits per heavy atom.